The Bertz CT molecular complexity index is 985. The second-order valence-electron chi connectivity index (χ2n) is 5.57. The molecule has 0 atom stereocenters. The number of nitrogens with two attached hydrogens (primary N) is 1. The number of benzene rings is 1. The summed E-state index contributed by atoms with van der Waals surface area (Å²) in [6.07, 6.45) is 0. The van der Waals surface area contributed by atoms with Gasteiger partial charge >= 0.3 is 5.97 Å². The van der Waals surface area contributed by atoms with E-state index in [1.165, 1.54) is 34.4 Å². The average Bonchev–Trinajstić information content (AvgIpc) is 3.23. The van der Waals surface area contributed by atoms with Crippen LogP contribution in [0.4, 0.5) is 10.1 Å². The van der Waals surface area contributed by atoms with Gasteiger partial charge in [-0.05, 0) is 19.4 Å². The Morgan fingerprint density at radius 2 is 1.96 bits per heavy atom. The molecule has 0 aliphatic carbocycles. The first kappa shape index (κ1) is 20.3. The van der Waals surface area contributed by atoms with Crippen molar-refractivity contribution in [2.24, 2.45) is 0 Å². The van der Waals surface area contributed by atoms with Gasteiger partial charge in [-0.3, -0.25) is 4.79 Å². The highest BCUT2D eigenvalue weighted by molar-refractivity contribution is 8.01. The molecule has 3 rings (SSSR count). The number of hydrogen-bond acceptors (Lipinski definition) is 9. The van der Waals surface area contributed by atoms with Crippen molar-refractivity contribution < 1.29 is 14.3 Å². The summed E-state index contributed by atoms with van der Waals surface area (Å²) in [5.74, 6) is -0.565. The van der Waals surface area contributed by atoms with E-state index in [4.69, 9.17) is 10.5 Å². The van der Waals surface area contributed by atoms with Crippen molar-refractivity contribution in [1.29, 1.82) is 0 Å². The van der Waals surface area contributed by atoms with Crippen LogP contribution in [-0.4, -0.2) is 34.4 Å². The zero-order valence-electron chi connectivity index (χ0n) is 15.2. The molecule has 0 radical (unpaired) electrons. The van der Waals surface area contributed by atoms with Crippen LogP contribution in [0.2, 0.25) is 0 Å². The van der Waals surface area contributed by atoms with Crippen LogP contribution < -0.4 is 11.1 Å². The lowest BCUT2D eigenvalue weighted by Gasteiger charge is -2.09. The number of thioether (sulfide) groups is 1. The summed E-state index contributed by atoms with van der Waals surface area (Å²) in [4.78, 5) is 26.0. The number of ether oxygens (including phenoxy) is 1. The van der Waals surface area contributed by atoms with Gasteiger partial charge in [-0.2, -0.15) is 0 Å². The lowest BCUT2D eigenvalue weighted by molar-refractivity contribution is -0.113. The van der Waals surface area contributed by atoms with Gasteiger partial charge in [-0.25, -0.2) is 4.79 Å². The first-order chi connectivity index (χ1) is 13.5. The number of anilines is 2. The third-order valence-corrected chi connectivity index (χ3v) is 6.53. The average molecular weight is 435 g/mol. The van der Waals surface area contributed by atoms with Gasteiger partial charge in [0.25, 0.3) is 0 Å². The second kappa shape index (κ2) is 9.18. The molecule has 0 bridgehead atoms. The molecule has 3 N–H and O–H groups in total. The van der Waals surface area contributed by atoms with Crippen LogP contribution in [0.5, 0.6) is 0 Å². The number of aromatic nitrogens is 2. The van der Waals surface area contributed by atoms with Crippen molar-refractivity contribution >= 4 is 56.4 Å². The first-order valence-corrected chi connectivity index (χ1v) is 11.0. The van der Waals surface area contributed by atoms with Crippen molar-refractivity contribution in [2.75, 3.05) is 23.4 Å². The number of nitrogens with zero attached hydrogens (tertiary/aromatic N) is 2. The minimum absolute atomic E-state index is 0.133. The molecule has 0 spiro atoms. The molecule has 0 unspecified atom stereocenters. The molecule has 0 fully saturated rings. The van der Waals surface area contributed by atoms with E-state index in [1.54, 1.807) is 6.92 Å². The number of carbonyl (C=O) groups is 2. The predicted molar refractivity (Wildman–Crippen MR) is 114 cm³/mol. The van der Waals surface area contributed by atoms with Crippen LogP contribution in [0.3, 0.4) is 0 Å². The Balaban J connectivity index is 1.85. The third-order valence-electron chi connectivity index (χ3n) is 3.63. The fraction of sp³-hybridized carbons (Fsp3) is 0.222. The van der Waals surface area contributed by atoms with Crippen LogP contribution in [0, 0.1) is 6.92 Å². The molecule has 146 valence electrons. The van der Waals surface area contributed by atoms with Crippen LogP contribution in [-0.2, 0) is 9.53 Å². The number of thiophene rings is 1. The number of esters is 1. The summed E-state index contributed by atoms with van der Waals surface area (Å²) in [6.45, 7) is 3.93. The molecule has 1 aromatic carbocycles. The summed E-state index contributed by atoms with van der Waals surface area (Å²) >= 11 is 3.82. The molecule has 2 heterocycles. The van der Waals surface area contributed by atoms with E-state index in [2.05, 4.69) is 15.5 Å². The third kappa shape index (κ3) is 4.70. The standard InChI is InChI=1S/C18H18N4O3S3/c1-3-25-16(24)14-13(11-7-5-4-6-8-11)10(2)27-15(14)20-12(23)9-26-18-22-21-17(19)28-18/h4-8H,3,9H2,1-2H3,(H2,19,21)(H,20,23). The molecular weight excluding hydrogens is 416 g/mol. The van der Waals surface area contributed by atoms with E-state index in [1.807, 2.05) is 37.3 Å². The summed E-state index contributed by atoms with van der Waals surface area (Å²) in [5.41, 5.74) is 7.61. The monoisotopic (exact) mass is 434 g/mol. The van der Waals surface area contributed by atoms with Gasteiger partial charge in [0.1, 0.15) is 10.6 Å². The Hall–Kier alpha value is -2.43. The van der Waals surface area contributed by atoms with Gasteiger partial charge in [0, 0.05) is 10.4 Å². The van der Waals surface area contributed by atoms with Crippen LogP contribution in [0.15, 0.2) is 34.7 Å². The molecule has 28 heavy (non-hydrogen) atoms. The number of nitrogen functional groups attached to an aromatic ring is 1. The van der Waals surface area contributed by atoms with Crippen molar-refractivity contribution in [3.05, 3.63) is 40.8 Å². The summed E-state index contributed by atoms with van der Waals surface area (Å²) < 4.78 is 5.85. The number of carbonyl (C=O) groups excluding carboxylic acids is 2. The van der Waals surface area contributed by atoms with Gasteiger partial charge < -0.3 is 15.8 Å². The summed E-state index contributed by atoms with van der Waals surface area (Å²) in [6, 6.07) is 9.58. The van der Waals surface area contributed by atoms with Gasteiger partial charge in [-0.15, -0.1) is 21.5 Å². The van der Waals surface area contributed by atoms with E-state index in [0.717, 1.165) is 16.0 Å². The van der Waals surface area contributed by atoms with Crippen molar-refractivity contribution in [1.82, 2.24) is 10.2 Å². The van der Waals surface area contributed by atoms with Crippen LogP contribution in [0.25, 0.3) is 11.1 Å². The minimum Gasteiger partial charge on any atom is -0.462 e. The van der Waals surface area contributed by atoms with Crippen LogP contribution in [0.1, 0.15) is 22.2 Å². The molecule has 2 aromatic heterocycles. The first-order valence-electron chi connectivity index (χ1n) is 8.37. The fourth-order valence-corrected chi connectivity index (χ4v) is 5.07. The van der Waals surface area contributed by atoms with E-state index in [-0.39, 0.29) is 18.3 Å². The van der Waals surface area contributed by atoms with Crippen LogP contribution >= 0.6 is 34.4 Å². The van der Waals surface area contributed by atoms with Crippen molar-refractivity contribution in [3.63, 3.8) is 0 Å². The Labute approximate surface area is 174 Å². The largest absolute Gasteiger partial charge is 0.462 e. The topological polar surface area (TPSA) is 107 Å². The van der Waals surface area contributed by atoms with E-state index in [0.29, 0.717) is 20.0 Å². The Kier molecular flexibility index (Phi) is 6.65. The lowest BCUT2D eigenvalue weighted by Crippen LogP contribution is -2.16. The molecule has 0 aliphatic heterocycles. The number of amides is 1. The fourth-order valence-electron chi connectivity index (χ4n) is 2.55. The molecule has 1 amide bonds. The van der Waals surface area contributed by atoms with Crippen molar-refractivity contribution in [2.45, 2.75) is 18.2 Å². The Morgan fingerprint density at radius 1 is 1.21 bits per heavy atom. The second-order valence-corrected chi connectivity index (χ2v) is 9.02. The molecule has 0 aliphatic rings. The maximum Gasteiger partial charge on any atom is 0.341 e. The van der Waals surface area contributed by atoms with Gasteiger partial charge in [0.2, 0.25) is 11.0 Å². The number of hydrogen-bond donors (Lipinski definition) is 2. The highest BCUT2D eigenvalue weighted by atomic mass is 32.2. The molecule has 3 aromatic rings. The zero-order chi connectivity index (χ0) is 20.1. The highest BCUT2D eigenvalue weighted by Crippen LogP contribution is 2.40. The lowest BCUT2D eigenvalue weighted by atomic mass is 10.0. The number of nitrogens with one attached hydrogen (secondary N) is 1. The van der Waals surface area contributed by atoms with E-state index >= 15 is 0 Å². The summed E-state index contributed by atoms with van der Waals surface area (Å²) in [5, 5.41) is 11.3. The predicted octanol–water partition coefficient (Wildman–Crippen LogP) is 4.06. The van der Waals surface area contributed by atoms with Gasteiger partial charge in [0.05, 0.1) is 12.4 Å². The molecule has 0 saturated heterocycles. The van der Waals surface area contributed by atoms with E-state index in [9.17, 15) is 9.59 Å². The van der Waals surface area contributed by atoms with Gasteiger partial charge in [0.15, 0.2) is 4.34 Å². The van der Waals surface area contributed by atoms with E-state index < -0.39 is 5.97 Å². The highest BCUT2D eigenvalue weighted by Gasteiger charge is 2.25. The van der Waals surface area contributed by atoms with Crippen molar-refractivity contribution in [3.8, 4) is 11.1 Å². The van der Waals surface area contributed by atoms with Gasteiger partial charge in [-0.1, -0.05) is 53.4 Å². The minimum atomic E-state index is -0.453. The number of rotatable bonds is 7. The Morgan fingerprint density at radius 3 is 2.61 bits per heavy atom. The maximum atomic E-state index is 12.6. The smallest absolute Gasteiger partial charge is 0.341 e. The molecular formula is C18H18N4O3S3. The summed E-state index contributed by atoms with van der Waals surface area (Å²) in [7, 11) is 0. The molecule has 10 heteroatoms. The normalized spacial score (nSPS) is 10.6. The maximum absolute atomic E-state index is 12.6. The number of aryl methyl sites for hydroxylation is 1. The molecule has 0 saturated carbocycles. The molecule has 7 nitrogen and oxygen atoms in total. The SMILES string of the molecule is CCOC(=O)c1c(NC(=O)CSc2nnc(N)s2)sc(C)c1-c1ccccc1. The quantitative estimate of drug-likeness (QED) is 0.426. The zero-order valence-corrected chi connectivity index (χ0v) is 17.7.